The zero-order valence-corrected chi connectivity index (χ0v) is 25.4. The summed E-state index contributed by atoms with van der Waals surface area (Å²) in [6.07, 6.45) is -7.00. The lowest BCUT2D eigenvalue weighted by Crippen LogP contribution is -2.61. The predicted molar refractivity (Wildman–Crippen MR) is 152 cm³/mol. The van der Waals surface area contributed by atoms with Gasteiger partial charge in [-0.2, -0.15) is 13.2 Å². The number of carbonyl (C=O) groups is 2. The van der Waals surface area contributed by atoms with Gasteiger partial charge in [-0.25, -0.2) is 9.18 Å². The lowest BCUT2D eigenvalue weighted by Gasteiger charge is -2.51. The minimum atomic E-state index is -4.70. The van der Waals surface area contributed by atoms with Gasteiger partial charge in [0.15, 0.2) is 6.10 Å². The lowest BCUT2D eigenvalue weighted by molar-refractivity contribution is -0.259. The molecule has 6 rings (SSSR count). The number of fused-ring (bicyclic) bond motifs is 1. The Labute approximate surface area is 260 Å². The molecular weight excluding hydrogens is 652 g/mol. The second kappa shape index (κ2) is 12.5. The van der Waals surface area contributed by atoms with E-state index in [1.165, 1.54) is 17.0 Å². The van der Waals surface area contributed by atoms with Crippen molar-refractivity contribution in [3.05, 3.63) is 63.9 Å². The zero-order chi connectivity index (χ0) is 31.1. The van der Waals surface area contributed by atoms with Gasteiger partial charge in [0.05, 0.1) is 17.1 Å². The summed E-state index contributed by atoms with van der Waals surface area (Å²) in [5, 5.41) is 0. The Morgan fingerprint density at radius 3 is 2.48 bits per heavy atom. The predicted octanol–water partition coefficient (Wildman–Crippen LogP) is 6.17. The highest BCUT2D eigenvalue weighted by atomic mass is 79.9. The number of morpholine rings is 1. The number of halogens is 5. The Kier molecular flexibility index (Phi) is 8.82. The molecule has 0 N–H and O–H groups in total. The fraction of sp³-hybridized carbons (Fsp3) is 0.548. The van der Waals surface area contributed by atoms with Gasteiger partial charge >= 0.3 is 12.3 Å². The molecule has 3 saturated heterocycles. The summed E-state index contributed by atoms with van der Waals surface area (Å²) in [6, 6.07) is 11.1. The third-order valence-electron chi connectivity index (χ3n) is 9.08. The molecule has 1 spiro atoms. The largest absolute Gasteiger partial charge is 0.487 e. The summed E-state index contributed by atoms with van der Waals surface area (Å²) >= 11 is 3.19. The summed E-state index contributed by atoms with van der Waals surface area (Å²) in [6.45, 7) is 0.650. The number of amides is 2. The third kappa shape index (κ3) is 6.41. The maximum absolute atomic E-state index is 14.9. The number of piperidine rings is 1. The number of hydrogen-bond donors (Lipinski definition) is 0. The van der Waals surface area contributed by atoms with E-state index in [1.54, 1.807) is 4.90 Å². The molecule has 4 aliphatic heterocycles. The fourth-order valence-electron chi connectivity index (χ4n) is 6.62. The Bertz CT molecular complexity index is 1360. The van der Waals surface area contributed by atoms with Crippen LogP contribution in [0.3, 0.4) is 0 Å². The summed E-state index contributed by atoms with van der Waals surface area (Å²) in [5.74, 6) is -1.29. The van der Waals surface area contributed by atoms with Gasteiger partial charge in [-0.1, -0.05) is 30.3 Å². The van der Waals surface area contributed by atoms with Gasteiger partial charge in [-0.05, 0) is 52.4 Å². The van der Waals surface area contributed by atoms with E-state index < -0.39 is 60.3 Å². The molecule has 44 heavy (non-hydrogen) atoms. The van der Waals surface area contributed by atoms with Crippen LogP contribution in [0.2, 0.25) is 0 Å². The average molecular weight is 686 g/mol. The number of benzene rings is 2. The molecule has 2 amide bonds. The van der Waals surface area contributed by atoms with E-state index in [9.17, 15) is 27.2 Å². The van der Waals surface area contributed by atoms with Crippen LogP contribution in [-0.2, 0) is 25.6 Å². The quantitative estimate of drug-likeness (QED) is 0.359. The second-order valence-corrected chi connectivity index (χ2v) is 12.7. The number of carbonyl (C=O) groups excluding carboxylic acids is 2. The van der Waals surface area contributed by atoms with E-state index in [1.807, 2.05) is 30.3 Å². The van der Waals surface area contributed by atoms with Gasteiger partial charge in [0, 0.05) is 51.1 Å². The maximum Gasteiger partial charge on any atom is 0.416 e. The van der Waals surface area contributed by atoms with E-state index in [0.717, 1.165) is 5.56 Å². The zero-order valence-electron chi connectivity index (χ0n) is 23.9. The van der Waals surface area contributed by atoms with Crippen molar-refractivity contribution in [1.82, 2.24) is 9.80 Å². The lowest BCUT2D eigenvalue weighted by atomic mass is 9.79. The SMILES string of the molecule is O=C(OCc1ccccc1)N1CCC2(CC1)CC(N1CC(C(F)(F)F)OC(C3CCOCC3)C1=O)c1cc(F)c(Br)cc1O2. The highest BCUT2D eigenvalue weighted by Crippen LogP contribution is 2.49. The average Bonchev–Trinajstić information content (AvgIpc) is 3.01. The Morgan fingerprint density at radius 2 is 1.80 bits per heavy atom. The van der Waals surface area contributed by atoms with Gasteiger partial charge in [0.2, 0.25) is 0 Å². The first kappa shape index (κ1) is 31.1. The van der Waals surface area contributed by atoms with E-state index in [0.29, 0.717) is 50.2 Å². The highest BCUT2D eigenvalue weighted by molar-refractivity contribution is 9.10. The van der Waals surface area contributed by atoms with Crippen molar-refractivity contribution >= 4 is 27.9 Å². The van der Waals surface area contributed by atoms with E-state index in [4.69, 9.17) is 18.9 Å². The van der Waals surface area contributed by atoms with Gasteiger partial charge in [-0.15, -0.1) is 0 Å². The number of likely N-dealkylation sites (tertiary alicyclic amines) is 1. The summed E-state index contributed by atoms with van der Waals surface area (Å²) in [5.41, 5.74) is 0.266. The van der Waals surface area contributed by atoms with Crippen molar-refractivity contribution in [1.29, 1.82) is 0 Å². The first-order chi connectivity index (χ1) is 21.0. The Balaban J connectivity index is 1.25. The van der Waals surface area contributed by atoms with E-state index >= 15 is 0 Å². The third-order valence-corrected chi connectivity index (χ3v) is 9.68. The molecule has 4 aliphatic rings. The van der Waals surface area contributed by atoms with Crippen LogP contribution in [0.5, 0.6) is 5.75 Å². The van der Waals surface area contributed by atoms with Crippen molar-refractivity contribution < 1.29 is 46.1 Å². The number of nitrogens with zero attached hydrogens (tertiary/aromatic N) is 2. The molecule has 0 aromatic heterocycles. The van der Waals surface area contributed by atoms with Crippen molar-refractivity contribution in [2.75, 3.05) is 32.8 Å². The van der Waals surface area contributed by atoms with Gasteiger partial charge in [0.25, 0.3) is 5.91 Å². The van der Waals surface area contributed by atoms with Gasteiger partial charge < -0.3 is 28.7 Å². The fourth-order valence-corrected chi connectivity index (χ4v) is 6.95. The summed E-state index contributed by atoms with van der Waals surface area (Å²) in [7, 11) is 0. The van der Waals surface area contributed by atoms with Crippen LogP contribution >= 0.6 is 15.9 Å². The summed E-state index contributed by atoms with van der Waals surface area (Å²) < 4.78 is 80.3. The topological polar surface area (TPSA) is 77.5 Å². The molecule has 0 aliphatic carbocycles. The van der Waals surface area contributed by atoms with Crippen molar-refractivity contribution in [2.45, 2.75) is 68.7 Å². The van der Waals surface area contributed by atoms with Crippen molar-refractivity contribution in [3.8, 4) is 5.75 Å². The minimum absolute atomic E-state index is 0.126. The van der Waals surface area contributed by atoms with Crippen LogP contribution in [0.4, 0.5) is 22.4 Å². The van der Waals surface area contributed by atoms with Crippen molar-refractivity contribution in [2.24, 2.45) is 5.92 Å². The molecule has 238 valence electrons. The van der Waals surface area contributed by atoms with Crippen LogP contribution in [0.15, 0.2) is 46.9 Å². The molecule has 3 fully saturated rings. The highest BCUT2D eigenvalue weighted by Gasteiger charge is 2.54. The number of hydrogen-bond acceptors (Lipinski definition) is 6. The van der Waals surface area contributed by atoms with Crippen LogP contribution in [0.25, 0.3) is 0 Å². The number of alkyl halides is 3. The Hall–Kier alpha value is -2.90. The van der Waals surface area contributed by atoms with Crippen LogP contribution < -0.4 is 4.74 Å². The standard InChI is InChI=1S/C31H33BrF4N2O6/c32-22-15-25-21(14-23(22)33)24(38-17-26(31(34,35)36)43-27(28(38)39)20-6-12-41-13-7-20)16-30(44-25)8-10-37(11-9-30)29(40)42-18-19-4-2-1-3-5-19/h1-5,14-15,20,24,26-27H,6-13,16-18H2. The minimum Gasteiger partial charge on any atom is -0.487 e. The molecule has 13 heteroatoms. The number of rotatable bonds is 4. The molecule has 3 atom stereocenters. The molecule has 0 bridgehead atoms. The van der Waals surface area contributed by atoms with E-state index in [-0.39, 0.29) is 30.6 Å². The smallest absolute Gasteiger partial charge is 0.416 e. The van der Waals surface area contributed by atoms with Gasteiger partial charge in [0.1, 0.15) is 29.9 Å². The van der Waals surface area contributed by atoms with Crippen LogP contribution in [0, 0.1) is 11.7 Å². The normalized spacial score (nSPS) is 25.8. The van der Waals surface area contributed by atoms with Crippen LogP contribution in [-0.4, -0.2) is 78.6 Å². The monoisotopic (exact) mass is 684 g/mol. The molecule has 0 saturated carbocycles. The first-order valence-electron chi connectivity index (χ1n) is 14.8. The maximum atomic E-state index is 14.9. The van der Waals surface area contributed by atoms with Crippen molar-refractivity contribution in [3.63, 3.8) is 0 Å². The molecular formula is C31H33BrF4N2O6. The van der Waals surface area contributed by atoms with Crippen LogP contribution in [0.1, 0.15) is 49.3 Å². The molecule has 4 heterocycles. The molecule has 3 unspecified atom stereocenters. The molecule has 2 aromatic carbocycles. The van der Waals surface area contributed by atoms with Gasteiger partial charge in [-0.3, -0.25) is 4.79 Å². The second-order valence-electron chi connectivity index (χ2n) is 11.9. The number of ether oxygens (including phenoxy) is 4. The Morgan fingerprint density at radius 1 is 1.09 bits per heavy atom. The first-order valence-corrected chi connectivity index (χ1v) is 15.6. The molecule has 8 nitrogen and oxygen atoms in total. The summed E-state index contributed by atoms with van der Waals surface area (Å²) in [4.78, 5) is 29.6. The molecule has 0 radical (unpaired) electrons. The van der Waals surface area contributed by atoms with E-state index in [2.05, 4.69) is 15.9 Å². The molecule has 2 aromatic rings.